The van der Waals surface area contributed by atoms with Gasteiger partial charge in [0.2, 0.25) is 0 Å². The van der Waals surface area contributed by atoms with Crippen molar-refractivity contribution in [3.05, 3.63) is 29.1 Å². The number of nitrogens with one attached hydrogen (secondary N) is 1. The standard InChI is InChI=1S/C17H27FN2/c1-6-7-20-16-9-15(18)13(11-19-5)8-14(16)12(2)10-17(20,3)4/h8-9,12,19H,6-7,10-11H2,1-5H3/t12-/m1/s1. The first-order valence-corrected chi connectivity index (χ1v) is 7.65. The van der Waals surface area contributed by atoms with E-state index in [1.807, 2.05) is 7.05 Å². The molecular formula is C17H27FN2. The van der Waals surface area contributed by atoms with Crippen molar-refractivity contribution in [3.63, 3.8) is 0 Å². The molecule has 1 aromatic carbocycles. The zero-order valence-corrected chi connectivity index (χ0v) is 13.4. The third kappa shape index (κ3) is 2.69. The molecule has 1 aromatic rings. The minimum absolute atomic E-state index is 0.0934. The van der Waals surface area contributed by atoms with Gasteiger partial charge in [0.25, 0.3) is 0 Å². The Morgan fingerprint density at radius 2 is 2.10 bits per heavy atom. The fourth-order valence-corrected chi connectivity index (χ4v) is 3.52. The van der Waals surface area contributed by atoms with Crippen LogP contribution in [0.4, 0.5) is 10.1 Å². The summed E-state index contributed by atoms with van der Waals surface area (Å²) in [5.74, 6) is 0.383. The van der Waals surface area contributed by atoms with Gasteiger partial charge in [0, 0.05) is 29.9 Å². The van der Waals surface area contributed by atoms with Crippen molar-refractivity contribution in [1.82, 2.24) is 5.32 Å². The quantitative estimate of drug-likeness (QED) is 0.894. The molecule has 2 nitrogen and oxygen atoms in total. The summed E-state index contributed by atoms with van der Waals surface area (Å²) in [6.45, 7) is 10.5. The highest BCUT2D eigenvalue weighted by Crippen LogP contribution is 2.44. The van der Waals surface area contributed by atoms with E-state index >= 15 is 0 Å². The van der Waals surface area contributed by atoms with Crippen LogP contribution < -0.4 is 10.2 Å². The van der Waals surface area contributed by atoms with Crippen LogP contribution in [0.3, 0.4) is 0 Å². The topological polar surface area (TPSA) is 15.3 Å². The van der Waals surface area contributed by atoms with E-state index in [-0.39, 0.29) is 11.4 Å². The fraction of sp³-hybridized carbons (Fsp3) is 0.647. The Morgan fingerprint density at radius 1 is 1.40 bits per heavy atom. The number of fused-ring (bicyclic) bond motifs is 1. The van der Waals surface area contributed by atoms with Crippen LogP contribution in [0.1, 0.15) is 57.6 Å². The molecule has 0 saturated heterocycles. The average Bonchev–Trinajstić information content (AvgIpc) is 2.36. The van der Waals surface area contributed by atoms with Crippen molar-refractivity contribution in [2.75, 3.05) is 18.5 Å². The Bertz CT molecular complexity index is 482. The third-order valence-electron chi connectivity index (χ3n) is 4.37. The largest absolute Gasteiger partial charge is 0.366 e. The molecule has 0 aliphatic carbocycles. The molecule has 0 bridgehead atoms. The van der Waals surface area contributed by atoms with E-state index in [2.05, 4.69) is 44.0 Å². The van der Waals surface area contributed by atoms with Gasteiger partial charge in [-0.2, -0.15) is 0 Å². The molecule has 1 atom stereocenters. The molecule has 0 aromatic heterocycles. The van der Waals surface area contributed by atoms with Crippen molar-refractivity contribution in [2.45, 2.75) is 58.5 Å². The van der Waals surface area contributed by atoms with E-state index in [1.165, 1.54) is 5.56 Å². The molecule has 20 heavy (non-hydrogen) atoms. The van der Waals surface area contributed by atoms with Crippen LogP contribution in [-0.4, -0.2) is 19.1 Å². The van der Waals surface area contributed by atoms with E-state index < -0.39 is 0 Å². The molecule has 2 rings (SSSR count). The van der Waals surface area contributed by atoms with Gasteiger partial charge in [-0.1, -0.05) is 13.8 Å². The van der Waals surface area contributed by atoms with E-state index in [0.717, 1.165) is 30.6 Å². The van der Waals surface area contributed by atoms with Gasteiger partial charge in [-0.25, -0.2) is 4.39 Å². The molecule has 112 valence electrons. The lowest BCUT2D eigenvalue weighted by Gasteiger charge is -2.47. The molecule has 1 heterocycles. The molecule has 1 aliphatic heterocycles. The molecule has 0 saturated carbocycles. The second-order valence-electron chi connectivity index (χ2n) is 6.60. The normalized spacial score (nSPS) is 20.9. The Kier molecular flexibility index (Phi) is 4.38. The molecule has 1 N–H and O–H groups in total. The summed E-state index contributed by atoms with van der Waals surface area (Å²) in [6, 6.07) is 3.80. The number of halogens is 1. The summed E-state index contributed by atoms with van der Waals surface area (Å²) in [7, 11) is 1.86. The number of rotatable bonds is 4. The summed E-state index contributed by atoms with van der Waals surface area (Å²) in [4.78, 5) is 2.38. The smallest absolute Gasteiger partial charge is 0.129 e. The van der Waals surface area contributed by atoms with Crippen molar-refractivity contribution in [1.29, 1.82) is 0 Å². The zero-order chi connectivity index (χ0) is 14.9. The predicted molar refractivity (Wildman–Crippen MR) is 83.9 cm³/mol. The second-order valence-corrected chi connectivity index (χ2v) is 6.60. The minimum atomic E-state index is -0.0934. The van der Waals surface area contributed by atoms with Crippen LogP contribution in [0, 0.1) is 5.82 Å². The lowest BCUT2D eigenvalue weighted by atomic mass is 9.79. The fourth-order valence-electron chi connectivity index (χ4n) is 3.52. The molecular weight excluding hydrogens is 251 g/mol. The summed E-state index contributed by atoms with van der Waals surface area (Å²) in [5.41, 5.74) is 3.26. The van der Waals surface area contributed by atoms with Gasteiger partial charge in [0.1, 0.15) is 5.82 Å². The van der Waals surface area contributed by atoms with Crippen LogP contribution in [-0.2, 0) is 6.54 Å². The van der Waals surface area contributed by atoms with Gasteiger partial charge in [-0.3, -0.25) is 0 Å². The predicted octanol–water partition coefficient (Wildman–Crippen LogP) is 4.05. The zero-order valence-electron chi connectivity index (χ0n) is 13.4. The molecule has 0 spiro atoms. The Morgan fingerprint density at radius 3 is 2.70 bits per heavy atom. The molecule has 0 radical (unpaired) electrons. The van der Waals surface area contributed by atoms with Gasteiger partial charge in [-0.15, -0.1) is 0 Å². The lowest BCUT2D eigenvalue weighted by molar-refractivity contribution is 0.375. The third-order valence-corrected chi connectivity index (χ3v) is 4.37. The molecule has 0 fully saturated rings. The molecule has 1 aliphatic rings. The molecule has 0 unspecified atom stereocenters. The number of anilines is 1. The van der Waals surface area contributed by atoms with Gasteiger partial charge in [0.15, 0.2) is 0 Å². The molecule has 0 amide bonds. The van der Waals surface area contributed by atoms with Gasteiger partial charge >= 0.3 is 0 Å². The minimum Gasteiger partial charge on any atom is -0.366 e. The van der Waals surface area contributed by atoms with Crippen LogP contribution in [0.5, 0.6) is 0 Å². The van der Waals surface area contributed by atoms with Crippen LogP contribution in [0.25, 0.3) is 0 Å². The first-order chi connectivity index (χ1) is 9.40. The number of hydrogen-bond acceptors (Lipinski definition) is 2. The van der Waals surface area contributed by atoms with Crippen molar-refractivity contribution >= 4 is 5.69 Å². The summed E-state index contributed by atoms with van der Waals surface area (Å²) in [6.07, 6.45) is 2.20. The van der Waals surface area contributed by atoms with E-state index in [4.69, 9.17) is 0 Å². The van der Waals surface area contributed by atoms with E-state index in [0.29, 0.717) is 12.5 Å². The number of nitrogens with zero attached hydrogens (tertiary/aromatic N) is 1. The number of benzene rings is 1. The van der Waals surface area contributed by atoms with Crippen LogP contribution in [0.15, 0.2) is 12.1 Å². The lowest BCUT2D eigenvalue weighted by Crippen LogP contribution is -2.48. The van der Waals surface area contributed by atoms with Gasteiger partial charge < -0.3 is 10.2 Å². The Balaban J connectivity index is 2.51. The summed E-state index contributed by atoms with van der Waals surface area (Å²) >= 11 is 0. The first kappa shape index (κ1) is 15.3. The monoisotopic (exact) mass is 278 g/mol. The SMILES string of the molecule is CCCN1c2cc(F)c(CNC)cc2[C@H](C)CC1(C)C. The maximum Gasteiger partial charge on any atom is 0.129 e. The average molecular weight is 278 g/mol. The van der Waals surface area contributed by atoms with E-state index in [1.54, 1.807) is 6.07 Å². The highest BCUT2D eigenvalue weighted by atomic mass is 19.1. The second kappa shape index (κ2) is 5.72. The van der Waals surface area contributed by atoms with Gasteiger partial charge in [0.05, 0.1) is 0 Å². The number of hydrogen-bond donors (Lipinski definition) is 1. The highest BCUT2D eigenvalue weighted by Gasteiger charge is 2.36. The van der Waals surface area contributed by atoms with Crippen LogP contribution in [0.2, 0.25) is 0 Å². The maximum absolute atomic E-state index is 14.3. The van der Waals surface area contributed by atoms with Gasteiger partial charge in [-0.05, 0) is 57.4 Å². The summed E-state index contributed by atoms with van der Waals surface area (Å²) in [5, 5.41) is 3.05. The van der Waals surface area contributed by atoms with Crippen LogP contribution >= 0.6 is 0 Å². The molecule has 3 heteroatoms. The van der Waals surface area contributed by atoms with Crippen molar-refractivity contribution < 1.29 is 4.39 Å². The van der Waals surface area contributed by atoms with E-state index in [9.17, 15) is 4.39 Å². The Labute approximate surface area is 122 Å². The van der Waals surface area contributed by atoms with Crippen molar-refractivity contribution in [2.24, 2.45) is 0 Å². The summed E-state index contributed by atoms with van der Waals surface area (Å²) < 4.78 is 14.3. The van der Waals surface area contributed by atoms with Crippen molar-refractivity contribution in [3.8, 4) is 0 Å². The first-order valence-electron chi connectivity index (χ1n) is 7.65. The highest BCUT2D eigenvalue weighted by molar-refractivity contribution is 5.61. The maximum atomic E-state index is 14.3. The Hall–Kier alpha value is -1.09.